The van der Waals surface area contributed by atoms with Crippen molar-refractivity contribution in [1.29, 1.82) is 5.26 Å². The van der Waals surface area contributed by atoms with Gasteiger partial charge in [-0.2, -0.15) is 5.26 Å². The van der Waals surface area contributed by atoms with Gasteiger partial charge in [0.25, 0.3) is 0 Å². The Morgan fingerprint density at radius 3 is 2.86 bits per heavy atom. The van der Waals surface area contributed by atoms with Crippen LogP contribution in [-0.2, 0) is 4.79 Å². The van der Waals surface area contributed by atoms with E-state index in [2.05, 4.69) is 30.4 Å². The van der Waals surface area contributed by atoms with Crippen molar-refractivity contribution in [2.24, 2.45) is 5.92 Å². The van der Waals surface area contributed by atoms with E-state index < -0.39 is 0 Å². The van der Waals surface area contributed by atoms with Crippen LogP contribution < -0.4 is 5.32 Å². The largest absolute Gasteiger partial charge is 0.396 e. The highest BCUT2D eigenvalue weighted by atomic mass is 35.5. The summed E-state index contributed by atoms with van der Waals surface area (Å²) >= 11 is 6.23. The second kappa shape index (κ2) is 9.78. The molecule has 0 aromatic heterocycles. The van der Waals surface area contributed by atoms with Gasteiger partial charge in [-0.15, -0.1) is 0 Å². The minimum atomic E-state index is 0.0239. The van der Waals surface area contributed by atoms with Gasteiger partial charge < -0.3 is 15.3 Å². The van der Waals surface area contributed by atoms with Gasteiger partial charge in [-0.25, -0.2) is 0 Å². The van der Waals surface area contributed by atoms with Gasteiger partial charge in [0.2, 0.25) is 5.91 Å². The molecule has 3 rings (SSSR count). The number of aryl methyl sites for hydroxylation is 1. The van der Waals surface area contributed by atoms with Crippen LogP contribution in [0, 0.1) is 24.2 Å². The number of hydrogen-bond acceptors (Lipinski definition) is 4. The summed E-state index contributed by atoms with van der Waals surface area (Å²) in [6.45, 7) is 3.54. The number of aliphatic hydroxyl groups excluding tert-OH is 1. The molecular formula is C23H26ClN3O2. The lowest BCUT2D eigenvalue weighted by Crippen LogP contribution is -2.31. The molecule has 0 saturated carbocycles. The zero-order chi connectivity index (χ0) is 20.8. The molecule has 1 amide bonds. The minimum Gasteiger partial charge on any atom is -0.396 e. The van der Waals surface area contributed by atoms with E-state index in [1.807, 2.05) is 23.1 Å². The molecule has 2 N–H and O–H groups in total. The fourth-order valence-electron chi connectivity index (χ4n) is 3.93. The van der Waals surface area contributed by atoms with E-state index in [0.717, 1.165) is 18.7 Å². The maximum atomic E-state index is 12.4. The maximum Gasteiger partial charge on any atom is 0.222 e. The van der Waals surface area contributed by atoms with Crippen LogP contribution in [0.4, 0.5) is 5.69 Å². The first kappa shape index (κ1) is 21.2. The van der Waals surface area contributed by atoms with Crippen molar-refractivity contribution in [2.45, 2.75) is 32.2 Å². The van der Waals surface area contributed by atoms with Crippen molar-refractivity contribution in [3.8, 4) is 6.07 Å². The van der Waals surface area contributed by atoms with Gasteiger partial charge in [-0.05, 0) is 49.1 Å². The summed E-state index contributed by atoms with van der Waals surface area (Å²) in [4.78, 5) is 14.3. The SMILES string of the molecule is Cc1ccccc1C(Nc1ccc(C#N)c(Cl)c1)[C@H]1CCN(C(=O)CCCO)C1. The standard InChI is InChI=1S/C23H26ClN3O2/c1-16-5-2-3-6-20(16)23(26-19-9-8-17(14-25)21(24)13-19)18-10-11-27(15-18)22(29)7-4-12-28/h2-3,5-6,8-9,13,18,23,26,28H,4,7,10-12,15H2,1H3/t18-,23?/m0/s1. The molecular weight excluding hydrogens is 386 g/mol. The van der Waals surface area contributed by atoms with Crippen LogP contribution in [0.15, 0.2) is 42.5 Å². The third-order valence-electron chi connectivity index (χ3n) is 5.53. The zero-order valence-electron chi connectivity index (χ0n) is 16.6. The van der Waals surface area contributed by atoms with Gasteiger partial charge in [0.1, 0.15) is 6.07 Å². The summed E-state index contributed by atoms with van der Waals surface area (Å²) in [5.74, 6) is 0.357. The fourth-order valence-corrected chi connectivity index (χ4v) is 4.16. The topological polar surface area (TPSA) is 76.4 Å². The molecule has 0 bridgehead atoms. The third kappa shape index (κ3) is 5.09. The van der Waals surface area contributed by atoms with Crippen molar-refractivity contribution in [3.63, 3.8) is 0 Å². The normalized spacial score (nSPS) is 17.0. The molecule has 2 atom stereocenters. The molecule has 29 heavy (non-hydrogen) atoms. The van der Waals surface area contributed by atoms with Gasteiger partial charge in [0.15, 0.2) is 0 Å². The van der Waals surface area contributed by atoms with Crippen LogP contribution in [-0.4, -0.2) is 35.6 Å². The molecule has 0 spiro atoms. The molecule has 5 nitrogen and oxygen atoms in total. The molecule has 2 aromatic rings. The molecule has 1 aliphatic heterocycles. The molecule has 0 aliphatic carbocycles. The summed E-state index contributed by atoms with van der Waals surface area (Å²) in [5.41, 5.74) is 3.69. The number of halogens is 1. The highest BCUT2D eigenvalue weighted by Crippen LogP contribution is 2.35. The number of nitrogens with zero attached hydrogens (tertiary/aromatic N) is 2. The molecule has 1 aliphatic rings. The average Bonchev–Trinajstić information content (AvgIpc) is 3.21. The van der Waals surface area contributed by atoms with Crippen molar-refractivity contribution in [2.75, 3.05) is 25.0 Å². The first-order valence-corrected chi connectivity index (χ1v) is 10.3. The van der Waals surface area contributed by atoms with Crippen LogP contribution in [0.5, 0.6) is 0 Å². The highest BCUT2D eigenvalue weighted by molar-refractivity contribution is 6.32. The predicted molar refractivity (Wildman–Crippen MR) is 115 cm³/mol. The number of nitriles is 1. The van der Waals surface area contributed by atoms with Crippen molar-refractivity contribution in [1.82, 2.24) is 4.90 Å². The number of rotatable bonds is 7. The summed E-state index contributed by atoms with van der Waals surface area (Å²) < 4.78 is 0. The molecule has 1 unspecified atom stereocenters. The number of likely N-dealkylation sites (tertiary alicyclic amines) is 1. The Morgan fingerprint density at radius 2 is 2.17 bits per heavy atom. The smallest absolute Gasteiger partial charge is 0.222 e. The number of anilines is 1. The molecule has 152 valence electrons. The number of nitrogens with one attached hydrogen (secondary N) is 1. The average molecular weight is 412 g/mol. The van der Waals surface area contributed by atoms with E-state index in [1.165, 1.54) is 11.1 Å². The minimum absolute atomic E-state index is 0.0239. The van der Waals surface area contributed by atoms with Crippen LogP contribution >= 0.6 is 11.6 Å². The summed E-state index contributed by atoms with van der Waals surface area (Å²) in [5, 5.41) is 22.1. The predicted octanol–water partition coefficient (Wildman–Crippen LogP) is 4.29. The number of carbonyl (C=O) groups is 1. The van der Waals surface area contributed by atoms with Gasteiger partial charge >= 0.3 is 0 Å². The Balaban J connectivity index is 1.83. The van der Waals surface area contributed by atoms with Crippen molar-refractivity contribution in [3.05, 3.63) is 64.2 Å². The Bertz CT molecular complexity index is 909. The van der Waals surface area contributed by atoms with E-state index in [9.17, 15) is 4.79 Å². The lowest BCUT2D eigenvalue weighted by Gasteiger charge is -2.28. The van der Waals surface area contributed by atoms with Crippen LogP contribution in [0.3, 0.4) is 0 Å². The quantitative estimate of drug-likeness (QED) is 0.712. The van der Waals surface area contributed by atoms with E-state index >= 15 is 0 Å². The lowest BCUT2D eigenvalue weighted by molar-refractivity contribution is -0.130. The zero-order valence-corrected chi connectivity index (χ0v) is 17.3. The lowest BCUT2D eigenvalue weighted by atomic mass is 9.89. The second-order valence-corrected chi connectivity index (χ2v) is 7.91. The van der Waals surface area contributed by atoms with Crippen molar-refractivity contribution >= 4 is 23.2 Å². The number of hydrogen-bond donors (Lipinski definition) is 2. The van der Waals surface area contributed by atoms with Crippen LogP contribution in [0.1, 0.15) is 42.0 Å². The van der Waals surface area contributed by atoms with Gasteiger partial charge in [0, 0.05) is 37.7 Å². The molecule has 6 heteroatoms. The van der Waals surface area contributed by atoms with E-state index in [0.29, 0.717) is 30.0 Å². The van der Waals surface area contributed by atoms with Crippen LogP contribution in [0.2, 0.25) is 5.02 Å². The highest BCUT2D eigenvalue weighted by Gasteiger charge is 2.33. The fraction of sp³-hybridized carbons (Fsp3) is 0.391. The van der Waals surface area contributed by atoms with Crippen molar-refractivity contribution < 1.29 is 9.90 Å². The summed E-state index contributed by atoms with van der Waals surface area (Å²) in [6, 6.07) is 15.7. The van der Waals surface area contributed by atoms with E-state index in [4.69, 9.17) is 22.0 Å². The molecule has 2 aromatic carbocycles. The summed E-state index contributed by atoms with van der Waals surface area (Å²) in [6.07, 6.45) is 1.79. The Kier molecular flexibility index (Phi) is 7.13. The van der Waals surface area contributed by atoms with E-state index in [-0.39, 0.29) is 24.5 Å². The first-order valence-electron chi connectivity index (χ1n) is 9.94. The Labute approximate surface area is 176 Å². The molecule has 1 heterocycles. The summed E-state index contributed by atoms with van der Waals surface area (Å²) in [7, 11) is 0. The molecule has 1 fully saturated rings. The van der Waals surface area contributed by atoms with Crippen LogP contribution in [0.25, 0.3) is 0 Å². The molecule has 0 radical (unpaired) electrons. The first-order chi connectivity index (χ1) is 14.0. The van der Waals surface area contributed by atoms with Gasteiger partial charge in [-0.1, -0.05) is 35.9 Å². The second-order valence-electron chi connectivity index (χ2n) is 7.50. The third-order valence-corrected chi connectivity index (χ3v) is 5.85. The Hall–Kier alpha value is -2.55. The van der Waals surface area contributed by atoms with E-state index in [1.54, 1.807) is 12.1 Å². The number of carbonyl (C=O) groups excluding carboxylic acids is 1. The number of benzene rings is 2. The van der Waals surface area contributed by atoms with Gasteiger partial charge in [-0.3, -0.25) is 4.79 Å². The number of amides is 1. The monoisotopic (exact) mass is 411 g/mol. The number of aliphatic hydroxyl groups is 1. The maximum absolute atomic E-state index is 12.4. The Morgan fingerprint density at radius 1 is 1.38 bits per heavy atom. The van der Waals surface area contributed by atoms with Gasteiger partial charge in [0.05, 0.1) is 16.6 Å². The molecule has 1 saturated heterocycles.